The maximum atomic E-state index is 2.40. The normalized spacial score (nSPS) is 11.9. The Hall–Kier alpha value is -0.780. The molecule has 0 nitrogen and oxygen atoms in total. The summed E-state index contributed by atoms with van der Waals surface area (Å²) < 4.78 is 0. The molecule has 0 spiro atoms. The molecule has 0 saturated heterocycles. The van der Waals surface area contributed by atoms with Crippen LogP contribution in [0.1, 0.15) is 87.1 Å². The maximum Gasteiger partial charge on any atom is -0.0213 e. The molecule has 1 rings (SSSR count). The van der Waals surface area contributed by atoms with Gasteiger partial charge in [-0.1, -0.05) is 47.6 Å². The molecule has 0 aliphatic carbocycles. The van der Waals surface area contributed by atoms with Crippen LogP contribution in [-0.4, -0.2) is 0 Å². The molecular weight excluding hydrogens is 204 g/mol. The lowest BCUT2D eigenvalue weighted by Crippen LogP contribution is -2.08. The van der Waals surface area contributed by atoms with Crippen LogP contribution in [0.25, 0.3) is 0 Å². The Morgan fingerprint density at radius 2 is 1.18 bits per heavy atom. The fourth-order valence-corrected chi connectivity index (χ4v) is 3.10. The topological polar surface area (TPSA) is 0 Å². The molecule has 0 aromatic heterocycles. The molecule has 1 aromatic rings. The second-order valence-corrected chi connectivity index (χ2v) is 6.20. The highest BCUT2D eigenvalue weighted by atomic mass is 14.2. The largest absolute Gasteiger partial charge is 0.0587 e. The molecule has 96 valence electrons. The highest BCUT2D eigenvalue weighted by Crippen LogP contribution is 2.36. The van der Waals surface area contributed by atoms with Gasteiger partial charge in [0.15, 0.2) is 0 Å². The Balaban J connectivity index is 3.59. The van der Waals surface area contributed by atoms with E-state index in [2.05, 4.69) is 61.5 Å². The molecule has 0 aliphatic rings. The van der Waals surface area contributed by atoms with E-state index in [1.54, 1.807) is 11.1 Å². The molecule has 0 unspecified atom stereocenters. The Morgan fingerprint density at radius 3 is 1.53 bits per heavy atom. The maximum absolute atomic E-state index is 2.40. The molecule has 0 radical (unpaired) electrons. The van der Waals surface area contributed by atoms with Crippen LogP contribution < -0.4 is 0 Å². The summed E-state index contributed by atoms with van der Waals surface area (Å²) in [5.41, 5.74) is 7.67. The van der Waals surface area contributed by atoms with Crippen molar-refractivity contribution in [3.63, 3.8) is 0 Å². The lowest BCUT2D eigenvalue weighted by Gasteiger charge is -2.25. The minimum Gasteiger partial charge on any atom is -0.0587 e. The quantitative estimate of drug-likeness (QED) is 0.629. The highest BCUT2D eigenvalue weighted by molar-refractivity contribution is 5.49. The predicted molar refractivity (Wildman–Crippen MR) is 78.2 cm³/mol. The van der Waals surface area contributed by atoms with Crippen molar-refractivity contribution < 1.29 is 0 Å². The average molecular weight is 232 g/mol. The van der Waals surface area contributed by atoms with Crippen molar-refractivity contribution >= 4 is 0 Å². The van der Waals surface area contributed by atoms with Gasteiger partial charge in [0.2, 0.25) is 0 Å². The minimum atomic E-state index is 0.616. The van der Waals surface area contributed by atoms with E-state index in [1.807, 2.05) is 0 Å². The first kappa shape index (κ1) is 14.3. The molecule has 0 bridgehead atoms. The average Bonchev–Trinajstić information content (AvgIpc) is 2.18. The second kappa shape index (κ2) is 5.25. The zero-order chi connectivity index (χ0) is 13.3. The first-order valence-electron chi connectivity index (χ1n) is 6.91. The van der Waals surface area contributed by atoms with Gasteiger partial charge in [-0.2, -0.15) is 0 Å². The van der Waals surface area contributed by atoms with Crippen LogP contribution in [0.4, 0.5) is 0 Å². The molecule has 0 fully saturated rings. The fraction of sp³-hybridized carbons (Fsp3) is 0.647. The van der Waals surface area contributed by atoms with E-state index < -0.39 is 0 Å². The van der Waals surface area contributed by atoms with Gasteiger partial charge in [0, 0.05) is 0 Å². The van der Waals surface area contributed by atoms with E-state index in [9.17, 15) is 0 Å². The van der Waals surface area contributed by atoms with Gasteiger partial charge in [-0.15, -0.1) is 0 Å². The van der Waals surface area contributed by atoms with Crippen LogP contribution in [0.15, 0.2) is 6.07 Å². The van der Waals surface area contributed by atoms with Crippen LogP contribution >= 0.6 is 0 Å². The lowest BCUT2D eigenvalue weighted by molar-refractivity contribution is 0.759. The van der Waals surface area contributed by atoms with E-state index in [4.69, 9.17) is 0 Å². The minimum absolute atomic E-state index is 0.616. The van der Waals surface area contributed by atoms with E-state index >= 15 is 0 Å². The summed E-state index contributed by atoms with van der Waals surface area (Å²) in [7, 11) is 0. The van der Waals surface area contributed by atoms with Gasteiger partial charge in [0.1, 0.15) is 0 Å². The van der Waals surface area contributed by atoms with Gasteiger partial charge >= 0.3 is 0 Å². The smallest absolute Gasteiger partial charge is 0.0213 e. The monoisotopic (exact) mass is 232 g/mol. The Kier molecular flexibility index (Phi) is 4.41. The molecular formula is C17H28. The molecule has 0 heterocycles. The van der Waals surface area contributed by atoms with E-state index in [1.165, 1.54) is 16.7 Å². The molecule has 0 saturated carbocycles. The zero-order valence-electron chi connectivity index (χ0n) is 12.8. The number of rotatable bonds is 3. The van der Waals surface area contributed by atoms with Gasteiger partial charge in [0.05, 0.1) is 0 Å². The molecule has 0 atom stereocenters. The van der Waals surface area contributed by atoms with Crippen LogP contribution in [0.5, 0.6) is 0 Å². The number of benzene rings is 1. The first-order valence-corrected chi connectivity index (χ1v) is 6.91. The van der Waals surface area contributed by atoms with Crippen LogP contribution in [0.3, 0.4) is 0 Å². The molecule has 0 aliphatic heterocycles. The van der Waals surface area contributed by atoms with Crippen molar-refractivity contribution in [3.8, 4) is 0 Å². The number of aryl methyl sites for hydroxylation is 1. The van der Waals surface area contributed by atoms with Gasteiger partial charge < -0.3 is 0 Å². The first-order chi connectivity index (χ1) is 7.77. The van der Waals surface area contributed by atoms with Crippen LogP contribution in [0.2, 0.25) is 0 Å². The molecule has 0 amide bonds. The van der Waals surface area contributed by atoms with Gasteiger partial charge in [-0.3, -0.25) is 0 Å². The Morgan fingerprint density at radius 1 is 0.706 bits per heavy atom. The summed E-state index contributed by atoms with van der Waals surface area (Å²) >= 11 is 0. The Bertz CT molecular complexity index is 395. The van der Waals surface area contributed by atoms with Gasteiger partial charge in [0.25, 0.3) is 0 Å². The SMILES string of the molecule is Cc1cc(C(C)C)c(C)c(C(C)C)c1C(C)C. The third-order valence-corrected chi connectivity index (χ3v) is 3.70. The van der Waals surface area contributed by atoms with E-state index in [-0.39, 0.29) is 0 Å². The molecule has 0 heteroatoms. The second-order valence-electron chi connectivity index (χ2n) is 6.20. The summed E-state index contributed by atoms with van der Waals surface area (Å²) in [6.07, 6.45) is 0. The van der Waals surface area contributed by atoms with Crippen molar-refractivity contribution in [1.82, 2.24) is 0 Å². The molecule has 17 heavy (non-hydrogen) atoms. The lowest BCUT2D eigenvalue weighted by atomic mass is 9.80. The summed E-state index contributed by atoms with van der Waals surface area (Å²) in [6, 6.07) is 2.40. The van der Waals surface area contributed by atoms with Crippen molar-refractivity contribution in [2.75, 3.05) is 0 Å². The predicted octanol–water partition coefficient (Wildman–Crippen LogP) is 5.67. The number of hydrogen-bond donors (Lipinski definition) is 0. The van der Waals surface area contributed by atoms with Crippen LogP contribution in [-0.2, 0) is 0 Å². The summed E-state index contributed by atoms with van der Waals surface area (Å²) in [5, 5.41) is 0. The van der Waals surface area contributed by atoms with Crippen LogP contribution in [0, 0.1) is 13.8 Å². The van der Waals surface area contributed by atoms with Gasteiger partial charge in [-0.25, -0.2) is 0 Å². The number of hydrogen-bond acceptors (Lipinski definition) is 0. The third kappa shape index (κ3) is 2.73. The van der Waals surface area contributed by atoms with Gasteiger partial charge in [-0.05, 0) is 59.4 Å². The third-order valence-electron chi connectivity index (χ3n) is 3.70. The zero-order valence-corrected chi connectivity index (χ0v) is 12.8. The van der Waals surface area contributed by atoms with Crippen molar-refractivity contribution in [2.24, 2.45) is 0 Å². The summed E-state index contributed by atoms with van der Waals surface area (Å²) in [6.45, 7) is 18.4. The van der Waals surface area contributed by atoms with Crippen molar-refractivity contribution in [1.29, 1.82) is 0 Å². The van der Waals surface area contributed by atoms with Crippen molar-refractivity contribution in [2.45, 2.75) is 73.1 Å². The highest BCUT2D eigenvalue weighted by Gasteiger charge is 2.18. The molecule has 0 N–H and O–H groups in total. The van der Waals surface area contributed by atoms with E-state index in [0.717, 1.165) is 0 Å². The summed E-state index contributed by atoms with van der Waals surface area (Å²) in [5.74, 6) is 1.85. The summed E-state index contributed by atoms with van der Waals surface area (Å²) in [4.78, 5) is 0. The van der Waals surface area contributed by atoms with Crippen molar-refractivity contribution in [3.05, 3.63) is 33.9 Å². The van der Waals surface area contributed by atoms with E-state index in [0.29, 0.717) is 17.8 Å². The Labute approximate surface area is 107 Å². The molecule has 1 aromatic carbocycles. The standard InChI is InChI=1S/C17H28/c1-10(2)15-9-13(7)16(11(3)4)17(12(5)6)14(15)8/h9-12H,1-8H3. The fourth-order valence-electron chi connectivity index (χ4n) is 3.10.